The predicted molar refractivity (Wildman–Crippen MR) is 66.5 cm³/mol. The third-order valence-electron chi connectivity index (χ3n) is 1.99. The fourth-order valence-corrected chi connectivity index (χ4v) is 1.94. The van der Waals surface area contributed by atoms with E-state index in [9.17, 15) is 4.79 Å². The molecule has 0 rings (SSSR count). The quantitative estimate of drug-likeness (QED) is 0.447. The van der Waals surface area contributed by atoms with Crippen molar-refractivity contribution in [3.8, 4) is 0 Å². The van der Waals surface area contributed by atoms with Crippen LogP contribution in [0.15, 0.2) is 12.7 Å². The molecule has 0 saturated carbocycles. The minimum atomic E-state index is -0.761. The van der Waals surface area contributed by atoms with E-state index in [1.165, 1.54) is 0 Å². The number of hydrogen-bond acceptors (Lipinski definition) is 3. The average molecular weight is 231 g/mol. The highest BCUT2D eigenvalue weighted by Gasteiger charge is 2.15. The van der Waals surface area contributed by atoms with Crippen molar-refractivity contribution in [1.29, 1.82) is 0 Å². The van der Waals surface area contributed by atoms with Crippen LogP contribution in [0, 0.1) is 0 Å². The first-order valence-corrected chi connectivity index (χ1v) is 6.52. The summed E-state index contributed by atoms with van der Waals surface area (Å²) in [5.74, 6) is 0.650. The lowest BCUT2D eigenvalue weighted by atomic mass is 10.2. The number of thioether (sulfide) groups is 1. The molecule has 15 heavy (non-hydrogen) atoms. The Labute approximate surface area is 96.3 Å². The maximum atomic E-state index is 10.9. The van der Waals surface area contributed by atoms with Crippen molar-refractivity contribution in [2.75, 3.05) is 18.1 Å². The fourth-order valence-electron chi connectivity index (χ4n) is 1.14. The topological polar surface area (TPSA) is 49.3 Å². The molecule has 0 bridgehead atoms. The van der Waals surface area contributed by atoms with Gasteiger partial charge < -0.3 is 10.4 Å². The summed E-state index contributed by atoms with van der Waals surface area (Å²) >= 11 is 1.59. The van der Waals surface area contributed by atoms with Crippen molar-refractivity contribution in [1.82, 2.24) is 5.32 Å². The highest BCUT2D eigenvalue weighted by Crippen LogP contribution is 2.03. The number of unbranched alkanes of at least 4 members (excludes halogenated alkanes) is 2. The Kier molecular flexibility index (Phi) is 9.73. The van der Waals surface area contributed by atoms with E-state index in [0.29, 0.717) is 5.75 Å². The molecule has 0 aromatic heterocycles. The van der Waals surface area contributed by atoms with E-state index in [0.717, 1.165) is 31.6 Å². The lowest BCUT2D eigenvalue weighted by Crippen LogP contribution is -2.39. The standard InChI is InChI=1S/C11H21NO2S/c1-3-5-6-7-12-10(11(13)14)9-15-8-4-2/h4,10,12H,2-3,5-9H2,1H3,(H,13,14)/t10-/m0/s1. The van der Waals surface area contributed by atoms with Crippen LogP contribution >= 0.6 is 11.8 Å². The number of rotatable bonds is 10. The Balaban J connectivity index is 3.63. The van der Waals surface area contributed by atoms with Crippen molar-refractivity contribution < 1.29 is 9.90 Å². The molecule has 0 radical (unpaired) electrons. The van der Waals surface area contributed by atoms with Gasteiger partial charge in [0.15, 0.2) is 0 Å². The summed E-state index contributed by atoms with van der Waals surface area (Å²) in [6.45, 7) is 6.52. The Morgan fingerprint density at radius 3 is 2.87 bits per heavy atom. The van der Waals surface area contributed by atoms with Crippen molar-refractivity contribution in [2.45, 2.75) is 32.2 Å². The van der Waals surface area contributed by atoms with Crippen molar-refractivity contribution in [3.05, 3.63) is 12.7 Å². The number of carbonyl (C=O) groups is 1. The van der Waals surface area contributed by atoms with Crippen LogP contribution in [-0.4, -0.2) is 35.2 Å². The smallest absolute Gasteiger partial charge is 0.321 e. The summed E-state index contributed by atoms with van der Waals surface area (Å²) in [7, 11) is 0. The molecule has 1 atom stereocenters. The Hall–Kier alpha value is -0.480. The van der Waals surface area contributed by atoms with Gasteiger partial charge in [0.25, 0.3) is 0 Å². The minimum absolute atomic E-state index is 0.424. The molecule has 0 aliphatic carbocycles. The zero-order valence-electron chi connectivity index (χ0n) is 9.37. The van der Waals surface area contributed by atoms with Crippen LogP contribution in [0.25, 0.3) is 0 Å². The first kappa shape index (κ1) is 14.5. The summed E-state index contributed by atoms with van der Waals surface area (Å²) in [6, 6.07) is -0.424. The second kappa shape index (κ2) is 10.1. The third-order valence-corrected chi connectivity index (χ3v) is 3.03. The van der Waals surface area contributed by atoms with Gasteiger partial charge in [-0.15, -0.1) is 6.58 Å². The van der Waals surface area contributed by atoms with Crippen molar-refractivity contribution in [3.63, 3.8) is 0 Å². The fraction of sp³-hybridized carbons (Fsp3) is 0.727. The lowest BCUT2D eigenvalue weighted by molar-refractivity contribution is -0.138. The zero-order chi connectivity index (χ0) is 11.5. The van der Waals surface area contributed by atoms with Crippen LogP contribution in [0.1, 0.15) is 26.2 Å². The van der Waals surface area contributed by atoms with E-state index >= 15 is 0 Å². The Morgan fingerprint density at radius 2 is 2.33 bits per heavy atom. The van der Waals surface area contributed by atoms with Gasteiger partial charge in [0.1, 0.15) is 6.04 Å². The molecule has 88 valence electrons. The Morgan fingerprint density at radius 1 is 1.60 bits per heavy atom. The van der Waals surface area contributed by atoms with E-state index in [1.807, 2.05) is 0 Å². The molecule has 2 N–H and O–H groups in total. The molecular weight excluding hydrogens is 210 g/mol. The highest BCUT2D eigenvalue weighted by atomic mass is 32.2. The zero-order valence-corrected chi connectivity index (χ0v) is 10.2. The summed E-state index contributed by atoms with van der Waals surface area (Å²) in [5.41, 5.74) is 0. The van der Waals surface area contributed by atoms with Crippen LogP contribution in [-0.2, 0) is 4.79 Å². The normalized spacial score (nSPS) is 12.3. The van der Waals surface area contributed by atoms with Gasteiger partial charge in [0.2, 0.25) is 0 Å². The summed E-state index contributed by atoms with van der Waals surface area (Å²) < 4.78 is 0. The summed E-state index contributed by atoms with van der Waals surface area (Å²) in [6.07, 6.45) is 5.15. The van der Waals surface area contributed by atoms with Gasteiger partial charge in [-0.1, -0.05) is 25.8 Å². The minimum Gasteiger partial charge on any atom is -0.480 e. The van der Waals surface area contributed by atoms with E-state index in [1.54, 1.807) is 17.8 Å². The maximum absolute atomic E-state index is 10.9. The molecule has 0 aliphatic rings. The van der Waals surface area contributed by atoms with Crippen molar-refractivity contribution in [2.24, 2.45) is 0 Å². The van der Waals surface area contributed by atoms with Crippen LogP contribution < -0.4 is 5.32 Å². The van der Waals surface area contributed by atoms with Crippen LogP contribution in [0.5, 0.6) is 0 Å². The molecule has 0 saturated heterocycles. The van der Waals surface area contributed by atoms with Gasteiger partial charge in [-0.25, -0.2) is 0 Å². The first-order chi connectivity index (χ1) is 7.22. The van der Waals surface area contributed by atoms with E-state index in [4.69, 9.17) is 5.11 Å². The third kappa shape index (κ3) is 8.51. The first-order valence-electron chi connectivity index (χ1n) is 5.37. The number of hydrogen-bond donors (Lipinski definition) is 2. The maximum Gasteiger partial charge on any atom is 0.321 e. The van der Waals surface area contributed by atoms with Crippen molar-refractivity contribution >= 4 is 17.7 Å². The van der Waals surface area contributed by atoms with Gasteiger partial charge in [-0.2, -0.15) is 11.8 Å². The van der Waals surface area contributed by atoms with Crippen LogP contribution in [0.2, 0.25) is 0 Å². The van der Waals surface area contributed by atoms with Gasteiger partial charge in [-0.3, -0.25) is 4.79 Å². The number of aliphatic carboxylic acids is 1. The molecule has 4 heteroatoms. The summed E-state index contributed by atoms with van der Waals surface area (Å²) in [4.78, 5) is 10.9. The van der Waals surface area contributed by atoms with E-state index in [2.05, 4.69) is 18.8 Å². The molecule has 0 aromatic carbocycles. The molecular formula is C11H21NO2S. The van der Waals surface area contributed by atoms with E-state index in [-0.39, 0.29) is 0 Å². The SMILES string of the molecule is C=CCSC[C@H](NCCCCC)C(=O)O. The lowest BCUT2D eigenvalue weighted by Gasteiger charge is -2.13. The largest absolute Gasteiger partial charge is 0.480 e. The molecule has 0 amide bonds. The van der Waals surface area contributed by atoms with Gasteiger partial charge in [-0.05, 0) is 13.0 Å². The van der Waals surface area contributed by atoms with Gasteiger partial charge in [0.05, 0.1) is 0 Å². The van der Waals surface area contributed by atoms with Gasteiger partial charge >= 0.3 is 5.97 Å². The average Bonchev–Trinajstić information content (AvgIpc) is 2.21. The predicted octanol–water partition coefficient (Wildman–Crippen LogP) is 2.14. The van der Waals surface area contributed by atoms with E-state index < -0.39 is 12.0 Å². The second-order valence-electron chi connectivity index (χ2n) is 3.38. The monoisotopic (exact) mass is 231 g/mol. The second-order valence-corrected chi connectivity index (χ2v) is 4.45. The van der Waals surface area contributed by atoms with Crippen LogP contribution in [0.3, 0.4) is 0 Å². The molecule has 0 heterocycles. The number of carboxylic acid groups (broad SMARTS) is 1. The molecule has 0 unspecified atom stereocenters. The molecule has 0 fully saturated rings. The number of nitrogens with one attached hydrogen (secondary N) is 1. The van der Waals surface area contributed by atoms with Gasteiger partial charge in [0, 0.05) is 11.5 Å². The Bertz CT molecular complexity index is 185. The molecule has 0 spiro atoms. The number of carboxylic acids is 1. The molecule has 0 aromatic rings. The summed E-state index contributed by atoms with van der Waals surface area (Å²) in [5, 5.41) is 12.0. The highest BCUT2D eigenvalue weighted by molar-refractivity contribution is 7.99. The molecule has 3 nitrogen and oxygen atoms in total. The van der Waals surface area contributed by atoms with Crippen LogP contribution in [0.4, 0.5) is 0 Å². The molecule has 0 aliphatic heterocycles.